The lowest BCUT2D eigenvalue weighted by atomic mass is 9.42. The van der Waals surface area contributed by atoms with E-state index in [9.17, 15) is 36.6 Å². The van der Waals surface area contributed by atoms with Crippen LogP contribution < -0.4 is 10.6 Å². The topological polar surface area (TPSA) is 207 Å². The van der Waals surface area contributed by atoms with E-state index in [2.05, 4.69) is 52.2 Å². The van der Waals surface area contributed by atoms with E-state index in [0.29, 0.717) is 83.9 Å². The third-order valence-corrected chi connectivity index (χ3v) is 23.6. The van der Waals surface area contributed by atoms with E-state index in [4.69, 9.17) is 9.11 Å². The number of fused-ring (bicyclic) bond motifs is 10. The number of carbonyl (C=O) groups is 2. The van der Waals surface area contributed by atoms with Crippen LogP contribution in [0.2, 0.25) is 0 Å². The summed E-state index contributed by atoms with van der Waals surface area (Å²) in [6, 6.07) is 0. The lowest BCUT2D eigenvalue weighted by molar-refractivity contribution is -0.162. The number of nitrogens with one attached hydrogen (secondary N) is 2. The molecule has 8 saturated carbocycles. The van der Waals surface area contributed by atoms with Gasteiger partial charge in [-0.2, -0.15) is 16.8 Å². The Hall–Kier alpha value is -1.58. The normalized spacial score (nSPS) is 45.2. The molecule has 14 heteroatoms. The number of aliphatic hydroxyl groups excluding tert-OH is 2. The first kappa shape index (κ1) is 50.8. The van der Waals surface area contributed by atoms with E-state index >= 15 is 0 Å². The van der Waals surface area contributed by atoms with Gasteiger partial charge in [-0.3, -0.25) is 18.7 Å². The van der Waals surface area contributed by atoms with Gasteiger partial charge in [0.15, 0.2) is 0 Å². The first-order valence-corrected chi connectivity index (χ1v) is 29.6. The second-order valence-corrected chi connectivity index (χ2v) is 28.1. The Kier molecular flexibility index (Phi) is 14.5. The maximum Gasteiger partial charge on any atom is 0.266 e. The van der Waals surface area contributed by atoms with Gasteiger partial charge in [0.25, 0.3) is 20.2 Å². The van der Waals surface area contributed by atoms with Crippen molar-refractivity contribution in [1.82, 2.24) is 10.6 Å². The molecule has 8 aliphatic rings. The number of hydrogen-bond donors (Lipinski definition) is 6. The van der Waals surface area contributed by atoms with Crippen LogP contribution in [0.25, 0.3) is 0 Å². The quantitative estimate of drug-likeness (QED) is 0.0724. The highest BCUT2D eigenvalue weighted by Gasteiger charge is 2.65. The number of allylic oxidation sites excluding steroid dienone is 2. The Labute approximate surface area is 397 Å². The van der Waals surface area contributed by atoms with E-state index in [1.807, 2.05) is 0 Å². The molecular weight excluding hydrogens is 877 g/mol. The van der Waals surface area contributed by atoms with E-state index < -0.39 is 31.7 Å². The fraction of sp³-hybridized carbons (Fsp3) is 0.923. The molecule has 0 aromatic carbocycles. The summed E-state index contributed by atoms with van der Waals surface area (Å²) in [7, 11) is -8.21. The van der Waals surface area contributed by atoms with Crippen molar-refractivity contribution in [2.75, 3.05) is 24.6 Å². The van der Waals surface area contributed by atoms with Gasteiger partial charge in [0.1, 0.15) is 0 Å². The van der Waals surface area contributed by atoms with Gasteiger partial charge in [0.2, 0.25) is 11.8 Å². The molecule has 7 unspecified atom stereocenters. The van der Waals surface area contributed by atoms with E-state index in [0.717, 1.165) is 77.0 Å². The summed E-state index contributed by atoms with van der Waals surface area (Å²) in [4.78, 5) is 25.1. The van der Waals surface area contributed by atoms with Crippen molar-refractivity contribution in [3.05, 3.63) is 11.1 Å². The summed E-state index contributed by atoms with van der Waals surface area (Å²) in [5.74, 6) is 4.06. The minimum Gasteiger partial charge on any atom is -0.393 e. The van der Waals surface area contributed by atoms with Crippen molar-refractivity contribution < 1.29 is 45.7 Å². The molecule has 0 heterocycles. The molecule has 0 bridgehead atoms. The van der Waals surface area contributed by atoms with Crippen molar-refractivity contribution in [2.24, 2.45) is 92.7 Å². The highest BCUT2D eigenvalue weighted by atomic mass is 32.2. The molecule has 0 aromatic heterocycles. The van der Waals surface area contributed by atoms with Crippen LogP contribution in [-0.4, -0.2) is 84.8 Å². The minimum absolute atomic E-state index is 0.0779. The third-order valence-electron chi connectivity index (χ3n) is 22.1. The molecule has 0 saturated heterocycles. The largest absolute Gasteiger partial charge is 0.393 e. The number of amides is 2. The zero-order chi connectivity index (χ0) is 47.8. The van der Waals surface area contributed by atoms with Crippen molar-refractivity contribution >= 4 is 32.1 Å². The van der Waals surface area contributed by atoms with Gasteiger partial charge < -0.3 is 20.8 Å². The molecule has 0 radical (unpaired) electrons. The van der Waals surface area contributed by atoms with Crippen LogP contribution in [-0.2, 0) is 29.8 Å². The maximum absolute atomic E-state index is 12.6. The molecule has 18 atom stereocenters. The van der Waals surface area contributed by atoms with Crippen LogP contribution in [0, 0.1) is 92.7 Å². The van der Waals surface area contributed by atoms with Crippen LogP contribution in [0.3, 0.4) is 0 Å². The average molecular weight is 963 g/mol. The Morgan fingerprint density at radius 1 is 0.576 bits per heavy atom. The monoisotopic (exact) mass is 963 g/mol. The zero-order valence-electron chi connectivity index (χ0n) is 41.1. The van der Waals surface area contributed by atoms with Gasteiger partial charge in [-0.25, -0.2) is 0 Å². The predicted octanol–water partition coefficient (Wildman–Crippen LogP) is 8.38. The summed E-state index contributed by atoms with van der Waals surface area (Å²) >= 11 is 0. The Morgan fingerprint density at radius 2 is 0.939 bits per heavy atom. The first-order valence-electron chi connectivity index (χ1n) is 26.4. The Bertz CT molecular complexity index is 1940. The fourth-order valence-corrected chi connectivity index (χ4v) is 19.3. The summed E-state index contributed by atoms with van der Waals surface area (Å²) in [5.41, 5.74) is 4.07. The third kappa shape index (κ3) is 9.62. The molecular formula is C52H86N2O10S2. The highest BCUT2D eigenvalue weighted by molar-refractivity contribution is 7.86. The maximum atomic E-state index is 12.6. The lowest BCUT2D eigenvalue weighted by Gasteiger charge is -2.63. The molecule has 376 valence electrons. The number of hydrogen-bond acceptors (Lipinski definition) is 8. The summed E-state index contributed by atoms with van der Waals surface area (Å²) in [5, 5.41) is 29.7. The number of rotatable bonds is 14. The number of carbonyl (C=O) groups excluding carboxylic acids is 2. The minimum atomic E-state index is -4.11. The number of aliphatic hydroxyl groups is 2. The van der Waals surface area contributed by atoms with Crippen molar-refractivity contribution in [2.45, 2.75) is 182 Å². The highest BCUT2D eigenvalue weighted by Crippen LogP contribution is 2.71. The van der Waals surface area contributed by atoms with Crippen LogP contribution >= 0.6 is 0 Å². The second kappa shape index (κ2) is 18.9. The molecule has 0 aromatic rings. The van der Waals surface area contributed by atoms with Gasteiger partial charge in [0.05, 0.1) is 23.7 Å². The van der Waals surface area contributed by atoms with Gasteiger partial charge in [-0.1, -0.05) is 52.7 Å². The standard InChI is InChI=1S/C52H86N2O10S2/c1-31(7-13-45(57)53-23-25-65(59,60)61)37-9-11-39-47-41(17-21-51(37,39)5)49(3)19-15-33(27-35(49)29-43(47)55)34-16-20-50(4)36(28-34)30-44(56)48-40-12-10-38(52(40,6)22-18-42(48)50)32(2)8-14-46(58)54-24-26-66(62,63)64/h31-32,35-44,47-48,55-56H,7-30H2,1-6H3,(H,53,57)(H,54,58)(H,59,60,61)(H,62,63,64)/b34-33+/t31-,32-,35?,36?,37-,38-,39+,40?,41?,42?,43+,44+,47?,48?,49+,50+,51-,52-/m1/s1. The molecule has 8 aliphatic carbocycles. The van der Waals surface area contributed by atoms with Gasteiger partial charge in [-0.15, -0.1) is 0 Å². The van der Waals surface area contributed by atoms with Crippen LogP contribution in [0.1, 0.15) is 170 Å². The van der Waals surface area contributed by atoms with Gasteiger partial charge in [0, 0.05) is 25.9 Å². The molecule has 0 spiro atoms. The van der Waals surface area contributed by atoms with Crippen molar-refractivity contribution in [3.63, 3.8) is 0 Å². The van der Waals surface area contributed by atoms with Crippen LogP contribution in [0.15, 0.2) is 11.1 Å². The predicted molar refractivity (Wildman–Crippen MR) is 256 cm³/mol. The van der Waals surface area contributed by atoms with E-state index in [1.165, 1.54) is 38.5 Å². The van der Waals surface area contributed by atoms with Gasteiger partial charge in [-0.05, 0) is 208 Å². The molecule has 8 rings (SSSR count). The molecule has 2 amide bonds. The molecule has 6 N–H and O–H groups in total. The van der Waals surface area contributed by atoms with E-state index in [1.54, 1.807) is 11.1 Å². The Balaban J connectivity index is 0.870. The van der Waals surface area contributed by atoms with Gasteiger partial charge >= 0.3 is 0 Å². The van der Waals surface area contributed by atoms with Crippen LogP contribution in [0.4, 0.5) is 0 Å². The van der Waals surface area contributed by atoms with Crippen molar-refractivity contribution in [1.29, 1.82) is 0 Å². The lowest BCUT2D eigenvalue weighted by Crippen LogP contribution is -2.58. The van der Waals surface area contributed by atoms with Crippen LogP contribution in [0.5, 0.6) is 0 Å². The smallest absolute Gasteiger partial charge is 0.266 e. The molecule has 12 nitrogen and oxygen atoms in total. The fourth-order valence-electron chi connectivity index (χ4n) is 18.6. The van der Waals surface area contributed by atoms with Crippen molar-refractivity contribution in [3.8, 4) is 0 Å². The average Bonchev–Trinajstić information content (AvgIpc) is 3.78. The first-order chi connectivity index (χ1) is 30.9. The summed E-state index contributed by atoms with van der Waals surface area (Å²) in [6.07, 6.45) is 19.6. The molecule has 8 fully saturated rings. The SMILES string of the molecule is C[C@H](CCC(=O)NCCS(=O)(=O)O)[C@H]1CC[C@H]2C3C(CC[C@]12C)[C@@]1(C)CC/C(=C2/CC[C@@]4(C)C(C2)C[C@H](O)C2C4CC[C@@]4(C)C2CC[C@@H]4[C@H](C)CCC(=O)NCCS(=O)(=O)O)CC1C[C@@H]3O. The Morgan fingerprint density at radius 3 is 1.30 bits per heavy atom. The molecule has 66 heavy (non-hydrogen) atoms. The van der Waals surface area contributed by atoms with E-state index in [-0.39, 0.29) is 58.8 Å². The summed E-state index contributed by atoms with van der Waals surface area (Å²) in [6.45, 7) is 14.5. The zero-order valence-corrected chi connectivity index (χ0v) is 42.7. The molecule has 0 aliphatic heterocycles. The summed E-state index contributed by atoms with van der Waals surface area (Å²) < 4.78 is 62.3. The second-order valence-electron chi connectivity index (χ2n) is 25.0.